The van der Waals surface area contributed by atoms with E-state index < -0.39 is 0 Å². The van der Waals surface area contributed by atoms with Crippen molar-refractivity contribution in [3.63, 3.8) is 0 Å². The van der Waals surface area contributed by atoms with Crippen LogP contribution in [0, 0.1) is 5.82 Å². The van der Waals surface area contributed by atoms with Crippen LogP contribution in [0.25, 0.3) is 0 Å². The van der Waals surface area contributed by atoms with E-state index in [9.17, 15) is 4.39 Å². The Hall–Kier alpha value is 0.160. The van der Waals surface area contributed by atoms with E-state index in [0.717, 1.165) is 0 Å². The molecule has 1 aromatic heterocycles. The molecule has 1 atom stereocenters. The first-order valence-corrected chi connectivity index (χ1v) is 7.40. The van der Waals surface area contributed by atoms with Crippen LogP contribution < -0.4 is 0 Å². The fraction of sp³-hybridized carbons (Fsp3) is 0.0909. The highest BCUT2D eigenvalue weighted by Crippen LogP contribution is 2.37. The molecule has 2 rings (SSSR count). The van der Waals surface area contributed by atoms with Crippen LogP contribution in [0.1, 0.15) is 16.2 Å². The maximum atomic E-state index is 13.8. The highest BCUT2D eigenvalue weighted by Gasteiger charge is 2.19. The second-order valence-corrected chi connectivity index (χ2v) is 6.25. The molecule has 0 saturated carbocycles. The van der Waals surface area contributed by atoms with Crippen molar-refractivity contribution in [2.24, 2.45) is 0 Å². The van der Waals surface area contributed by atoms with Crippen LogP contribution in [0.2, 0.25) is 5.02 Å². The number of alkyl halides is 1. The molecular weight excluding hydrogens is 442 g/mol. The lowest BCUT2D eigenvalue weighted by Gasteiger charge is -2.10. The molecule has 0 amide bonds. The standard InChI is InChI=1S/C11H5Br3ClFO/c12-6-4-8(16)5(3-7(6)15)11(14)9-1-2-10(13)17-9/h1-4,11H. The van der Waals surface area contributed by atoms with Crippen LogP contribution in [-0.2, 0) is 0 Å². The van der Waals surface area contributed by atoms with Crippen LogP contribution >= 0.6 is 59.4 Å². The van der Waals surface area contributed by atoms with Crippen molar-refractivity contribution in [3.8, 4) is 0 Å². The summed E-state index contributed by atoms with van der Waals surface area (Å²) >= 11 is 15.7. The quantitative estimate of drug-likeness (QED) is 0.402. The normalized spacial score (nSPS) is 12.8. The smallest absolute Gasteiger partial charge is 0.169 e. The van der Waals surface area contributed by atoms with E-state index in [4.69, 9.17) is 16.0 Å². The third kappa shape index (κ3) is 2.95. The summed E-state index contributed by atoms with van der Waals surface area (Å²) in [6, 6.07) is 6.42. The zero-order valence-corrected chi connectivity index (χ0v) is 13.7. The Balaban J connectivity index is 2.43. The number of hydrogen-bond donors (Lipinski definition) is 0. The molecule has 0 fully saturated rings. The van der Waals surface area contributed by atoms with Gasteiger partial charge in [-0.1, -0.05) is 27.5 Å². The Morgan fingerprint density at radius 2 is 1.94 bits per heavy atom. The Morgan fingerprint density at radius 3 is 2.53 bits per heavy atom. The van der Waals surface area contributed by atoms with E-state index in [2.05, 4.69) is 47.8 Å². The van der Waals surface area contributed by atoms with E-state index in [0.29, 0.717) is 25.5 Å². The zero-order chi connectivity index (χ0) is 12.6. The molecule has 1 aromatic carbocycles. The molecule has 0 bridgehead atoms. The van der Waals surface area contributed by atoms with E-state index in [1.807, 2.05) is 0 Å². The molecule has 90 valence electrons. The summed E-state index contributed by atoms with van der Waals surface area (Å²) in [5.74, 6) is 0.254. The minimum Gasteiger partial charge on any atom is -0.453 e. The van der Waals surface area contributed by atoms with Gasteiger partial charge in [0.2, 0.25) is 0 Å². The predicted octanol–water partition coefficient (Wildman–Crippen LogP) is 6.08. The van der Waals surface area contributed by atoms with Crippen molar-refractivity contribution in [3.05, 3.63) is 55.6 Å². The average molecular weight is 447 g/mol. The Bertz CT molecular complexity index is 556. The second kappa shape index (κ2) is 5.43. The number of rotatable bonds is 2. The van der Waals surface area contributed by atoms with Gasteiger partial charge in [0, 0.05) is 10.0 Å². The summed E-state index contributed by atoms with van der Waals surface area (Å²) in [5.41, 5.74) is 0.431. The monoisotopic (exact) mass is 444 g/mol. The van der Waals surface area contributed by atoms with Crippen molar-refractivity contribution in [1.29, 1.82) is 0 Å². The van der Waals surface area contributed by atoms with E-state index >= 15 is 0 Å². The van der Waals surface area contributed by atoms with Crippen molar-refractivity contribution in [2.45, 2.75) is 4.83 Å². The lowest BCUT2D eigenvalue weighted by Crippen LogP contribution is -1.95. The predicted molar refractivity (Wildman–Crippen MR) is 76.3 cm³/mol. The summed E-state index contributed by atoms with van der Waals surface area (Å²) in [5, 5.41) is 0.455. The van der Waals surface area contributed by atoms with Gasteiger partial charge in [0.05, 0.1) is 5.02 Å². The summed E-state index contributed by atoms with van der Waals surface area (Å²) in [6.07, 6.45) is 0. The number of benzene rings is 1. The van der Waals surface area contributed by atoms with Crippen LogP contribution in [0.15, 0.2) is 37.8 Å². The van der Waals surface area contributed by atoms with E-state index in [1.165, 1.54) is 6.07 Å². The van der Waals surface area contributed by atoms with Gasteiger partial charge in [-0.05, 0) is 56.1 Å². The molecule has 0 aliphatic carbocycles. The Morgan fingerprint density at radius 1 is 1.24 bits per heavy atom. The third-order valence-electron chi connectivity index (χ3n) is 2.16. The Kier molecular flexibility index (Phi) is 4.34. The maximum Gasteiger partial charge on any atom is 0.169 e. The second-order valence-electron chi connectivity index (χ2n) is 3.29. The first kappa shape index (κ1) is 13.6. The number of hydrogen-bond acceptors (Lipinski definition) is 1. The molecule has 1 unspecified atom stereocenters. The van der Waals surface area contributed by atoms with Gasteiger partial charge in [-0.2, -0.15) is 0 Å². The molecule has 1 heterocycles. The van der Waals surface area contributed by atoms with Crippen LogP contribution in [-0.4, -0.2) is 0 Å². The lowest BCUT2D eigenvalue weighted by molar-refractivity contribution is 0.492. The number of halogens is 5. The van der Waals surface area contributed by atoms with Crippen LogP contribution in [0.3, 0.4) is 0 Å². The summed E-state index contributed by atoms with van der Waals surface area (Å²) < 4.78 is 20.3. The van der Waals surface area contributed by atoms with Crippen molar-refractivity contribution in [1.82, 2.24) is 0 Å². The first-order valence-electron chi connectivity index (χ1n) is 4.53. The SMILES string of the molecule is Fc1cc(Br)c(Cl)cc1C(Br)c1ccc(Br)o1. The summed E-state index contributed by atoms with van der Waals surface area (Å²) in [7, 11) is 0. The fourth-order valence-electron chi connectivity index (χ4n) is 1.35. The Labute approximate surface area is 128 Å². The molecular formula is C11H5Br3ClFO. The molecule has 0 spiro atoms. The fourth-order valence-corrected chi connectivity index (χ4v) is 2.75. The van der Waals surface area contributed by atoms with Gasteiger partial charge in [0.1, 0.15) is 16.4 Å². The average Bonchev–Trinajstić information content (AvgIpc) is 2.69. The maximum absolute atomic E-state index is 13.8. The van der Waals surface area contributed by atoms with Gasteiger partial charge < -0.3 is 4.42 Å². The molecule has 1 nitrogen and oxygen atoms in total. The minimum absolute atomic E-state index is 0.351. The van der Waals surface area contributed by atoms with Gasteiger partial charge in [-0.15, -0.1) is 0 Å². The minimum atomic E-state index is -0.376. The molecule has 17 heavy (non-hydrogen) atoms. The summed E-state index contributed by atoms with van der Waals surface area (Å²) in [6.45, 7) is 0. The molecule has 0 saturated heterocycles. The molecule has 6 heteroatoms. The molecule has 2 aromatic rings. The van der Waals surface area contributed by atoms with E-state index in [-0.39, 0.29) is 10.6 Å². The van der Waals surface area contributed by atoms with Crippen molar-refractivity contribution in [2.75, 3.05) is 0 Å². The van der Waals surface area contributed by atoms with Crippen molar-refractivity contribution >= 4 is 59.4 Å². The van der Waals surface area contributed by atoms with Crippen LogP contribution in [0.5, 0.6) is 0 Å². The molecule has 0 radical (unpaired) electrons. The third-order valence-corrected chi connectivity index (χ3v) is 4.72. The molecule has 0 N–H and O–H groups in total. The topological polar surface area (TPSA) is 13.1 Å². The lowest BCUT2D eigenvalue weighted by atomic mass is 10.1. The van der Waals surface area contributed by atoms with Gasteiger partial charge in [-0.3, -0.25) is 0 Å². The largest absolute Gasteiger partial charge is 0.453 e. The van der Waals surface area contributed by atoms with Gasteiger partial charge in [0.15, 0.2) is 4.67 Å². The van der Waals surface area contributed by atoms with Gasteiger partial charge in [0.25, 0.3) is 0 Å². The summed E-state index contributed by atoms with van der Waals surface area (Å²) in [4.78, 5) is -0.376. The number of furan rings is 1. The molecule has 0 aliphatic heterocycles. The van der Waals surface area contributed by atoms with Gasteiger partial charge >= 0.3 is 0 Å². The first-order chi connectivity index (χ1) is 7.99. The van der Waals surface area contributed by atoms with Crippen molar-refractivity contribution < 1.29 is 8.81 Å². The molecule has 0 aliphatic rings. The highest BCUT2D eigenvalue weighted by molar-refractivity contribution is 9.10. The van der Waals surface area contributed by atoms with Gasteiger partial charge in [-0.25, -0.2) is 4.39 Å². The van der Waals surface area contributed by atoms with Crippen LogP contribution in [0.4, 0.5) is 4.39 Å². The highest BCUT2D eigenvalue weighted by atomic mass is 79.9. The van der Waals surface area contributed by atoms with E-state index in [1.54, 1.807) is 18.2 Å². The zero-order valence-electron chi connectivity index (χ0n) is 8.18.